The van der Waals surface area contributed by atoms with E-state index in [9.17, 15) is 9.90 Å². The molecule has 0 bridgehead atoms. The predicted molar refractivity (Wildman–Crippen MR) is 134 cm³/mol. The molecule has 8 N–H and O–H groups in total. The Bertz CT molecular complexity index is 1160. The van der Waals surface area contributed by atoms with E-state index < -0.39 is 0 Å². The fraction of sp³-hybridized carbons (Fsp3) is 0.231. The number of hydrogen-bond acceptors (Lipinski definition) is 5. The number of phenolic OH excluding ortho intramolecular Hbond substituents is 1. The summed E-state index contributed by atoms with van der Waals surface area (Å²) in [6, 6.07) is 18.2. The van der Waals surface area contributed by atoms with Crippen molar-refractivity contribution in [3.8, 4) is 16.9 Å². The van der Waals surface area contributed by atoms with Crippen molar-refractivity contribution >= 4 is 23.1 Å². The standard InChI is InChI=1S/C26H31N5O2/c1-26(2,3)31-22-12-11-20(18-5-4-6-19(27)13-18)21(24(22)33)14-23(32)30-15-16-7-9-17(10-8-16)25(28)29/h4-13,31,33H,14-15,27H2,1-3H3,(H3,28,29)(H,30,32). The molecule has 7 nitrogen and oxygen atoms in total. The SMILES string of the molecule is CC(C)(C)Nc1ccc(-c2cccc(N)c2)c(CC(=O)NCc2ccc(C(=N)N)cc2)c1O. The van der Waals surface area contributed by atoms with Crippen LogP contribution in [0.1, 0.15) is 37.5 Å². The van der Waals surface area contributed by atoms with Gasteiger partial charge < -0.3 is 27.2 Å². The minimum atomic E-state index is -0.262. The van der Waals surface area contributed by atoms with Crippen molar-refractivity contribution in [2.24, 2.45) is 5.73 Å². The molecular formula is C26H31N5O2. The number of carbonyl (C=O) groups is 1. The van der Waals surface area contributed by atoms with Crippen LogP contribution in [0.5, 0.6) is 5.75 Å². The Morgan fingerprint density at radius 1 is 1.06 bits per heavy atom. The zero-order chi connectivity index (χ0) is 24.2. The van der Waals surface area contributed by atoms with Crippen molar-refractivity contribution in [3.63, 3.8) is 0 Å². The molecule has 3 rings (SSSR count). The summed E-state index contributed by atoms with van der Waals surface area (Å²) in [5.74, 6) is -0.177. The van der Waals surface area contributed by atoms with Gasteiger partial charge in [0.05, 0.1) is 12.1 Å². The summed E-state index contributed by atoms with van der Waals surface area (Å²) in [4.78, 5) is 12.8. The lowest BCUT2D eigenvalue weighted by molar-refractivity contribution is -0.120. The molecular weight excluding hydrogens is 414 g/mol. The zero-order valence-corrected chi connectivity index (χ0v) is 19.2. The highest BCUT2D eigenvalue weighted by molar-refractivity contribution is 5.94. The van der Waals surface area contributed by atoms with E-state index in [0.717, 1.165) is 16.7 Å². The monoisotopic (exact) mass is 445 g/mol. The first-order valence-electron chi connectivity index (χ1n) is 10.7. The molecule has 0 aliphatic heterocycles. The number of anilines is 2. The number of phenols is 1. The van der Waals surface area contributed by atoms with Crippen LogP contribution in [0, 0.1) is 5.41 Å². The molecule has 3 aromatic rings. The largest absolute Gasteiger partial charge is 0.505 e. The summed E-state index contributed by atoms with van der Waals surface area (Å²) in [6.45, 7) is 6.33. The smallest absolute Gasteiger partial charge is 0.224 e. The molecule has 0 aliphatic rings. The van der Waals surface area contributed by atoms with Gasteiger partial charge in [0.15, 0.2) is 0 Å². The van der Waals surface area contributed by atoms with Crippen molar-refractivity contribution < 1.29 is 9.90 Å². The maximum Gasteiger partial charge on any atom is 0.224 e. The molecule has 0 fully saturated rings. The van der Waals surface area contributed by atoms with Crippen molar-refractivity contribution in [2.45, 2.75) is 39.3 Å². The normalized spacial score (nSPS) is 11.1. The third-order valence-corrected chi connectivity index (χ3v) is 5.08. The molecule has 33 heavy (non-hydrogen) atoms. The first kappa shape index (κ1) is 23.7. The van der Waals surface area contributed by atoms with Gasteiger partial charge in [-0.25, -0.2) is 0 Å². The van der Waals surface area contributed by atoms with Gasteiger partial charge in [-0.05, 0) is 55.7 Å². The Morgan fingerprint density at radius 2 is 1.76 bits per heavy atom. The summed E-state index contributed by atoms with van der Waals surface area (Å²) in [6.07, 6.45) is 0.00115. The second kappa shape index (κ2) is 9.65. The topological polar surface area (TPSA) is 137 Å². The molecule has 0 saturated heterocycles. The molecule has 0 unspecified atom stereocenters. The lowest BCUT2D eigenvalue weighted by Gasteiger charge is -2.24. The maximum atomic E-state index is 12.8. The fourth-order valence-electron chi connectivity index (χ4n) is 3.52. The minimum absolute atomic E-state index is 0.00103. The summed E-state index contributed by atoms with van der Waals surface area (Å²) in [7, 11) is 0. The summed E-state index contributed by atoms with van der Waals surface area (Å²) in [5, 5.41) is 24.7. The number of hydrogen-bond donors (Lipinski definition) is 6. The highest BCUT2D eigenvalue weighted by Gasteiger charge is 2.20. The van der Waals surface area contributed by atoms with Crippen LogP contribution in [0.4, 0.5) is 11.4 Å². The highest BCUT2D eigenvalue weighted by Crippen LogP contribution is 2.38. The third kappa shape index (κ3) is 6.26. The number of nitrogens with one attached hydrogen (secondary N) is 3. The number of amidine groups is 1. The number of nitrogen functional groups attached to an aromatic ring is 2. The van der Waals surface area contributed by atoms with E-state index in [4.69, 9.17) is 16.9 Å². The lowest BCUT2D eigenvalue weighted by Crippen LogP contribution is -2.27. The number of nitrogens with two attached hydrogens (primary N) is 2. The van der Waals surface area contributed by atoms with Crippen LogP contribution in [0.25, 0.3) is 11.1 Å². The highest BCUT2D eigenvalue weighted by atomic mass is 16.3. The van der Waals surface area contributed by atoms with E-state index in [1.807, 2.05) is 63.2 Å². The van der Waals surface area contributed by atoms with Crippen LogP contribution >= 0.6 is 0 Å². The van der Waals surface area contributed by atoms with Gasteiger partial charge in [0.2, 0.25) is 5.91 Å². The Hall–Kier alpha value is -4.00. The predicted octanol–water partition coefficient (Wildman–Crippen LogP) is 3.99. The average molecular weight is 446 g/mol. The van der Waals surface area contributed by atoms with E-state index in [1.54, 1.807) is 18.2 Å². The van der Waals surface area contributed by atoms with Crippen LogP contribution in [-0.2, 0) is 17.8 Å². The van der Waals surface area contributed by atoms with Gasteiger partial charge >= 0.3 is 0 Å². The van der Waals surface area contributed by atoms with Crippen LogP contribution in [0.2, 0.25) is 0 Å². The van der Waals surface area contributed by atoms with Gasteiger partial charge in [-0.2, -0.15) is 0 Å². The Kier molecular flexibility index (Phi) is 6.92. The molecule has 0 aromatic heterocycles. The Morgan fingerprint density at radius 3 is 2.36 bits per heavy atom. The van der Waals surface area contributed by atoms with E-state index in [0.29, 0.717) is 29.0 Å². The number of carbonyl (C=O) groups excluding carboxylic acids is 1. The average Bonchev–Trinajstić information content (AvgIpc) is 2.74. The van der Waals surface area contributed by atoms with Gasteiger partial charge in [-0.15, -0.1) is 0 Å². The molecule has 0 saturated carbocycles. The van der Waals surface area contributed by atoms with Crippen LogP contribution in [0.3, 0.4) is 0 Å². The Labute approximate surface area is 194 Å². The number of amides is 1. The minimum Gasteiger partial charge on any atom is -0.505 e. The van der Waals surface area contributed by atoms with Crippen molar-refractivity contribution in [2.75, 3.05) is 11.1 Å². The van der Waals surface area contributed by atoms with Crippen LogP contribution in [0.15, 0.2) is 60.7 Å². The maximum absolute atomic E-state index is 12.8. The lowest BCUT2D eigenvalue weighted by atomic mass is 9.94. The first-order valence-corrected chi connectivity index (χ1v) is 10.7. The molecule has 3 aromatic carbocycles. The van der Waals surface area contributed by atoms with E-state index in [1.165, 1.54) is 0 Å². The zero-order valence-electron chi connectivity index (χ0n) is 19.2. The van der Waals surface area contributed by atoms with E-state index in [2.05, 4.69) is 10.6 Å². The Balaban J connectivity index is 1.86. The second-order valence-electron chi connectivity index (χ2n) is 9.05. The molecule has 0 atom stereocenters. The second-order valence-corrected chi connectivity index (χ2v) is 9.05. The molecule has 0 aliphatic carbocycles. The molecule has 0 radical (unpaired) electrons. The number of rotatable bonds is 7. The van der Waals surface area contributed by atoms with Gasteiger partial charge in [0.25, 0.3) is 0 Å². The van der Waals surface area contributed by atoms with Gasteiger partial charge in [0.1, 0.15) is 11.6 Å². The molecule has 1 amide bonds. The summed E-state index contributed by atoms with van der Waals surface area (Å²) in [5.41, 5.74) is 16.0. The van der Waals surface area contributed by atoms with Crippen molar-refractivity contribution in [1.82, 2.24) is 5.32 Å². The van der Waals surface area contributed by atoms with Crippen LogP contribution in [-0.4, -0.2) is 22.4 Å². The molecule has 172 valence electrons. The van der Waals surface area contributed by atoms with Gasteiger partial charge in [-0.1, -0.05) is 42.5 Å². The van der Waals surface area contributed by atoms with Gasteiger partial charge in [0, 0.05) is 28.9 Å². The third-order valence-electron chi connectivity index (χ3n) is 5.08. The molecule has 0 spiro atoms. The van der Waals surface area contributed by atoms with Crippen molar-refractivity contribution in [1.29, 1.82) is 5.41 Å². The van der Waals surface area contributed by atoms with Crippen molar-refractivity contribution in [3.05, 3.63) is 77.4 Å². The fourth-order valence-corrected chi connectivity index (χ4v) is 3.52. The molecule has 7 heteroatoms. The quantitative estimate of drug-likeness (QED) is 0.141. The van der Waals surface area contributed by atoms with Gasteiger partial charge in [-0.3, -0.25) is 10.2 Å². The van der Waals surface area contributed by atoms with Crippen LogP contribution < -0.4 is 22.1 Å². The van der Waals surface area contributed by atoms with E-state index in [-0.39, 0.29) is 29.5 Å². The number of aromatic hydroxyl groups is 1. The summed E-state index contributed by atoms with van der Waals surface area (Å²) < 4.78 is 0. The van der Waals surface area contributed by atoms with E-state index >= 15 is 0 Å². The first-order chi connectivity index (χ1) is 15.5. The molecule has 0 heterocycles. The summed E-state index contributed by atoms with van der Waals surface area (Å²) >= 11 is 0. The number of benzene rings is 3.